The predicted molar refractivity (Wildman–Crippen MR) is 119 cm³/mol. The maximum atomic E-state index is 10.6. The number of hydrogen-bond donors (Lipinski definition) is 2. The third kappa shape index (κ3) is 10.8. The monoisotopic (exact) mass is 562 g/mol. The van der Waals surface area contributed by atoms with E-state index in [-0.39, 0.29) is 5.60 Å². The van der Waals surface area contributed by atoms with Gasteiger partial charge in [-0.3, -0.25) is 4.90 Å². The maximum absolute atomic E-state index is 10.6. The summed E-state index contributed by atoms with van der Waals surface area (Å²) in [6, 6.07) is 4.12. The Hall–Kier alpha value is -2.36. The molecule has 4 heterocycles. The molecule has 3 fully saturated rings. The van der Waals surface area contributed by atoms with Gasteiger partial charge in [0.05, 0.1) is 26.4 Å². The fourth-order valence-electron chi connectivity index (χ4n) is 4.51. The van der Waals surface area contributed by atoms with E-state index in [0.29, 0.717) is 5.92 Å². The second-order valence-electron chi connectivity index (χ2n) is 9.45. The molecule has 3 aliphatic heterocycles. The fourth-order valence-corrected chi connectivity index (χ4v) is 4.51. The number of nitrogens with zero attached hydrogens (tertiary/aromatic N) is 2. The number of aliphatic carboxylic acids is 2. The average Bonchev–Trinajstić information content (AvgIpc) is 3.51. The minimum Gasteiger partial charge on any atom is -0.475 e. The summed E-state index contributed by atoms with van der Waals surface area (Å²) in [6.07, 6.45) is -6.33. The molecule has 38 heavy (non-hydrogen) atoms. The van der Waals surface area contributed by atoms with E-state index in [1.807, 2.05) is 13.0 Å². The van der Waals surface area contributed by atoms with Gasteiger partial charge in [-0.25, -0.2) is 9.59 Å². The van der Waals surface area contributed by atoms with E-state index in [1.165, 1.54) is 32.5 Å². The zero-order valence-corrected chi connectivity index (χ0v) is 20.8. The highest BCUT2D eigenvalue weighted by molar-refractivity contribution is 5.73. The molecule has 3 saturated heterocycles. The van der Waals surface area contributed by atoms with E-state index < -0.39 is 24.3 Å². The number of carboxylic acid groups (broad SMARTS) is 2. The molecule has 218 valence electrons. The number of likely N-dealkylation sites (tertiary alicyclic amines) is 1. The van der Waals surface area contributed by atoms with E-state index in [0.717, 1.165) is 57.4 Å². The minimum atomic E-state index is -5.08. The summed E-state index contributed by atoms with van der Waals surface area (Å²) in [5.41, 5.74) is -0.122. The van der Waals surface area contributed by atoms with Crippen LogP contribution in [0, 0.1) is 12.8 Å². The van der Waals surface area contributed by atoms with Gasteiger partial charge in [-0.15, -0.1) is 0 Å². The number of furan rings is 1. The molecule has 4 rings (SSSR count). The van der Waals surface area contributed by atoms with Gasteiger partial charge in [0, 0.05) is 19.6 Å². The summed E-state index contributed by atoms with van der Waals surface area (Å²) >= 11 is 0. The van der Waals surface area contributed by atoms with Gasteiger partial charge in [0.25, 0.3) is 0 Å². The Morgan fingerprint density at radius 3 is 2.08 bits per heavy atom. The molecule has 1 aromatic heterocycles. The van der Waals surface area contributed by atoms with Gasteiger partial charge in [-0.1, -0.05) is 0 Å². The van der Waals surface area contributed by atoms with Crippen molar-refractivity contribution >= 4 is 11.9 Å². The lowest BCUT2D eigenvalue weighted by molar-refractivity contribution is -0.193. The van der Waals surface area contributed by atoms with E-state index >= 15 is 0 Å². The van der Waals surface area contributed by atoms with E-state index in [2.05, 4.69) is 15.9 Å². The van der Waals surface area contributed by atoms with Crippen molar-refractivity contribution in [3.8, 4) is 0 Å². The molecular formula is C23H32F6N2O7. The van der Waals surface area contributed by atoms with Gasteiger partial charge in [-0.2, -0.15) is 26.3 Å². The molecule has 0 radical (unpaired) electrons. The number of alkyl halides is 6. The highest BCUT2D eigenvalue weighted by atomic mass is 19.4. The lowest BCUT2D eigenvalue weighted by Crippen LogP contribution is -2.44. The van der Waals surface area contributed by atoms with Crippen molar-refractivity contribution in [2.45, 2.75) is 50.7 Å². The number of hydrogen-bond acceptors (Lipinski definition) is 7. The summed E-state index contributed by atoms with van der Waals surface area (Å²) in [5.74, 6) is -2.85. The molecule has 1 aromatic rings. The van der Waals surface area contributed by atoms with Crippen molar-refractivity contribution in [2.75, 3.05) is 52.5 Å². The molecule has 0 amide bonds. The van der Waals surface area contributed by atoms with Crippen LogP contribution in [0.4, 0.5) is 26.3 Å². The van der Waals surface area contributed by atoms with Crippen molar-refractivity contribution in [1.29, 1.82) is 0 Å². The van der Waals surface area contributed by atoms with Crippen molar-refractivity contribution in [3.63, 3.8) is 0 Å². The van der Waals surface area contributed by atoms with Crippen LogP contribution in [0.25, 0.3) is 0 Å². The Morgan fingerprint density at radius 1 is 1.00 bits per heavy atom. The SMILES string of the molecule is Cc1ccc(CN2CCOCC3(CC(CN4CCCC4)CO3)C2)o1.O=C(O)C(F)(F)F.O=C(O)C(F)(F)F. The summed E-state index contributed by atoms with van der Waals surface area (Å²) in [6.45, 7) is 10.9. The Balaban J connectivity index is 0.000000301. The molecule has 9 nitrogen and oxygen atoms in total. The summed E-state index contributed by atoms with van der Waals surface area (Å²) in [7, 11) is 0. The quantitative estimate of drug-likeness (QED) is 0.532. The van der Waals surface area contributed by atoms with E-state index in [9.17, 15) is 26.3 Å². The molecule has 1 spiro atoms. The first kappa shape index (κ1) is 31.9. The fraction of sp³-hybridized carbons (Fsp3) is 0.739. The number of carboxylic acids is 2. The topological polar surface area (TPSA) is 113 Å². The number of rotatable bonds is 4. The maximum Gasteiger partial charge on any atom is 0.490 e. The lowest BCUT2D eigenvalue weighted by Gasteiger charge is -2.31. The van der Waals surface area contributed by atoms with Crippen LogP contribution in [0.2, 0.25) is 0 Å². The minimum absolute atomic E-state index is 0.122. The van der Waals surface area contributed by atoms with Crippen LogP contribution in [0.15, 0.2) is 16.5 Å². The standard InChI is InChI=1S/C19H30N2O3.2C2HF3O2/c1-16-4-5-18(24-16)12-21-8-9-22-15-19(14-21)10-17(13-23-19)11-20-6-2-3-7-20;2*3-2(4,5)1(6)7/h4-5,17H,2-3,6-15H2,1H3;2*(H,6,7). The Labute approximate surface area is 215 Å². The molecule has 2 N–H and O–H groups in total. The first-order valence-electron chi connectivity index (χ1n) is 11.9. The van der Waals surface area contributed by atoms with Gasteiger partial charge >= 0.3 is 24.3 Å². The van der Waals surface area contributed by atoms with E-state index in [1.54, 1.807) is 0 Å². The average molecular weight is 563 g/mol. The van der Waals surface area contributed by atoms with Crippen molar-refractivity contribution in [1.82, 2.24) is 9.80 Å². The first-order valence-corrected chi connectivity index (χ1v) is 11.9. The van der Waals surface area contributed by atoms with Crippen molar-refractivity contribution in [3.05, 3.63) is 23.7 Å². The Bertz CT molecular complexity index is 878. The number of aryl methyl sites for hydroxylation is 1. The first-order chi connectivity index (χ1) is 17.6. The molecule has 3 aliphatic rings. The largest absolute Gasteiger partial charge is 0.490 e. The zero-order valence-electron chi connectivity index (χ0n) is 20.8. The zero-order chi connectivity index (χ0) is 28.6. The van der Waals surface area contributed by atoms with Crippen LogP contribution in [0.1, 0.15) is 30.8 Å². The Kier molecular flexibility index (Phi) is 11.4. The summed E-state index contributed by atoms with van der Waals surface area (Å²) < 4.78 is 81.5. The second kappa shape index (κ2) is 13.6. The molecular weight excluding hydrogens is 530 g/mol. The van der Waals surface area contributed by atoms with Crippen molar-refractivity contribution < 1.29 is 60.0 Å². The molecule has 15 heteroatoms. The van der Waals surface area contributed by atoms with E-state index in [4.69, 9.17) is 33.7 Å². The van der Waals surface area contributed by atoms with Crippen LogP contribution in [0.3, 0.4) is 0 Å². The predicted octanol–water partition coefficient (Wildman–Crippen LogP) is 3.56. The number of ether oxygens (including phenoxy) is 2. The smallest absolute Gasteiger partial charge is 0.475 e. The third-order valence-electron chi connectivity index (χ3n) is 6.09. The Morgan fingerprint density at radius 2 is 1.58 bits per heavy atom. The molecule has 0 aliphatic carbocycles. The van der Waals surface area contributed by atoms with Crippen molar-refractivity contribution in [2.24, 2.45) is 5.92 Å². The second-order valence-corrected chi connectivity index (χ2v) is 9.45. The lowest BCUT2D eigenvalue weighted by atomic mass is 9.94. The normalized spacial score (nSPS) is 24.8. The summed E-state index contributed by atoms with van der Waals surface area (Å²) in [4.78, 5) is 22.8. The molecule has 2 unspecified atom stereocenters. The van der Waals surface area contributed by atoms with Crippen LogP contribution in [-0.4, -0.2) is 102 Å². The number of halogens is 6. The van der Waals surface area contributed by atoms with Gasteiger partial charge in [0.15, 0.2) is 0 Å². The van der Waals surface area contributed by atoms with Gasteiger partial charge in [0.1, 0.15) is 17.1 Å². The molecule has 0 saturated carbocycles. The molecule has 0 bridgehead atoms. The van der Waals surface area contributed by atoms with Gasteiger partial charge in [0.2, 0.25) is 0 Å². The number of carbonyl (C=O) groups is 2. The molecule has 0 aromatic carbocycles. The summed E-state index contributed by atoms with van der Waals surface area (Å²) in [5, 5.41) is 14.2. The molecule has 2 atom stereocenters. The van der Waals surface area contributed by atoms with Gasteiger partial charge in [-0.05, 0) is 57.3 Å². The van der Waals surface area contributed by atoms with Crippen LogP contribution in [-0.2, 0) is 25.6 Å². The highest BCUT2D eigenvalue weighted by Crippen LogP contribution is 2.34. The highest BCUT2D eigenvalue weighted by Gasteiger charge is 2.44. The third-order valence-corrected chi connectivity index (χ3v) is 6.09. The van der Waals surface area contributed by atoms with Crippen LogP contribution < -0.4 is 0 Å². The van der Waals surface area contributed by atoms with Crippen LogP contribution in [0.5, 0.6) is 0 Å². The van der Waals surface area contributed by atoms with Gasteiger partial charge < -0.3 is 29.0 Å². The van der Waals surface area contributed by atoms with Crippen LogP contribution >= 0.6 is 0 Å².